The Bertz CT molecular complexity index is 767. The van der Waals surface area contributed by atoms with Crippen molar-refractivity contribution in [1.82, 2.24) is 4.31 Å². The molecule has 2 aliphatic heterocycles. The quantitative estimate of drug-likeness (QED) is 0.585. The standard InChI is InChI=1S/C17H25N3O5S/c1-13-11-18(12-14(2)25-13)16-7-6-15(20(21)22)10-17(16)26(23,24)19-8-4-3-5-9-19/h6-7,10,13-14H,3-5,8-9,11-12H2,1-2H3/t13-,14-/m1/s1. The number of benzene rings is 1. The zero-order chi connectivity index (χ0) is 18.9. The van der Waals surface area contributed by atoms with Crippen LogP contribution in [0.3, 0.4) is 0 Å². The molecule has 0 aliphatic carbocycles. The fourth-order valence-corrected chi connectivity index (χ4v) is 5.45. The minimum Gasteiger partial charge on any atom is -0.372 e. The summed E-state index contributed by atoms with van der Waals surface area (Å²) in [5, 5.41) is 11.2. The van der Waals surface area contributed by atoms with Gasteiger partial charge in [0, 0.05) is 38.3 Å². The summed E-state index contributed by atoms with van der Waals surface area (Å²) >= 11 is 0. The smallest absolute Gasteiger partial charge is 0.270 e. The van der Waals surface area contributed by atoms with E-state index >= 15 is 0 Å². The number of non-ortho nitro benzene ring substituents is 1. The second kappa shape index (κ2) is 7.50. The van der Waals surface area contributed by atoms with E-state index in [-0.39, 0.29) is 22.8 Å². The molecule has 0 unspecified atom stereocenters. The number of sulfonamides is 1. The van der Waals surface area contributed by atoms with Gasteiger partial charge in [0.15, 0.2) is 0 Å². The van der Waals surface area contributed by atoms with Crippen molar-refractivity contribution in [2.75, 3.05) is 31.1 Å². The van der Waals surface area contributed by atoms with E-state index in [1.165, 1.54) is 16.4 Å². The molecule has 0 amide bonds. The number of morpholine rings is 1. The molecule has 2 fully saturated rings. The van der Waals surface area contributed by atoms with E-state index in [1.807, 2.05) is 18.7 Å². The first kappa shape index (κ1) is 19.1. The molecule has 0 radical (unpaired) electrons. The molecule has 0 bridgehead atoms. The van der Waals surface area contributed by atoms with Crippen molar-refractivity contribution < 1.29 is 18.1 Å². The summed E-state index contributed by atoms with van der Waals surface area (Å²) in [6.45, 7) is 5.88. The minimum atomic E-state index is -3.79. The third kappa shape index (κ3) is 3.84. The van der Waals surface area contributed by atoms with E-state index in [2.05, 4.69) is 0 Å². The fraction of sp³-hybridized carbons (Fsp3) is 0.647. The Morgan fingerprint density at radius 3 is 2.31 bits per heavy atom. The molecule has 2 saturated heterocycles. The fourth-order valence-electron chi connectivity index (χ4n) is 3.70. The molecule has 0 aromatic heterocycles. The van der Waals surface area contributed by atoms with Crippen molar-refractivity contribution in [3.05, 3.63) is 28.3 Å². The van der Waals surface area contributed by atoms with Crippen LogP contribution < -0.4 is 4.90 Å². The Balaban J connectivity index is 2.05. The summed E-state index contributed by atoms with van der Waals surface area (Å²) in [6.07, 6.45) is 2.55. The van der Waals surface area contributed by atoms with Gasteiger partial charge in [-0.15, -0.1) is 0 Å². The van der Waals surface area contributed by atoms with E-state index in [1.54, 1.807) is 6.07 Å². The Hall–Kier alpha value is -1.71. The molecule has 144 valence electrons. The van der Waals surface area contributed by atoms with Gasteiger partial charge in [-0.3, -0.25) is 10.1 Å². The number of nitrogens with zero attached hydrogens (tertiary/aromatic N) is 3. The van der Waals surface area contributed by atoms with E-state index in [9.17, 15) is 18.5 Å². The van der Waals surface area contributed by atoms with Crippen LogP contribution in [0.25, 0.3) is 0 Å². The summed E-state index contributed by atoms with van der Waals surface area (Å²) in [7, 11) is -3.79. The summed E-state index contributed by atoms with van der Waals surface area (Å²) in [4.78, 5) is 12.6. The largest absolute Gasteiger partial charge is 0.372 e. The number of hydrogen-bond acceptors (Lipinski definition) is 6. The Morgan fingerprint density at radius 2 is 1.73 bits per heavy atom. The highest BCUT2D eigenvalue weighted by Gasteiger charge is 2.33. The summed E-state index contributed by atoms with van der Waals surface area (Å²) in [6, 6.07) is 4.12. The zero-order valence-corrected chi connectivity index (χ0v) is 15.9. The molecule has 26 heavy (non-hydrogen) atoms. The highest BCUT2D eigenvalue weighted by atomic mass is 32.2. The highest BCUT2D eigenvalue weighted by Crippen LogP contribution is 2.34. The van der Waals surface area contributed by atoms with E-state index in [4.69, 9.17) is 4.74 Å². The van der Waals surface area contributed by atoms with Gasteiger partial charge in [0.25, 0.3) is 5.69 Å². The number of nitro benzene ring substituents is 1. The molecule has 3 rings (SSSR count). The predicted molar refractivity (Wildman–Crippen MR) is 97.9 cm³/mol. The molecule has 2 heterocycles. The summed E-state index contributed by atoms with van der Waals surface area (Å²) in [5.41, 5.74) is 0.307. The minimum absolute atomic E-state index is 0.0231. The van der Waals surface area contributed by atoms with Crippen LogP contribution in [0.15, 0.2) is 23.1 Å². The maximum Gasteiger partial charge on any atom is 0.270 e. The predicted octanol–water partition coefficient (Wildman–Crippen LogP) is 2.38. The van der Waals surface area contributed by atoms with Gasteiger partial charge in [-0.2, -0.15) is 4.31 Å². The SMILES string of the molecule is C[C@@H]1CN(c2ccc([N+](=O)[O-])cc2S(=O)(=O)N2CCCCC2)C[C@@H](C)O1. The first-order valence-electron chi connectivity index (χ1n) is 8.98. The van der Waals surface area contributed by atoms with E-state index < -0.39 is 14.9 Å². The van der Waals surface area contributed by atoms with Gasteiger partial charge in [0.05, 0.1) is 22.8 Å². The lowest BCUT2D eigenvalue weighted by Gasteiger charge is -2.38. The molecule has 0 saturated carbocycles. The van der Waals surface area contributed by atoms with Crippen molar-refractivity contribution in [2.24, 2.45) is 0 Å². The van der Waals surface area contributed by atoms with Gasteiger partial charge in [-0.25, -0.2) is 8.42 Å². The molecule has 8 nitrogen and oxygen atoms in total. The number of rotatable bonds is 4. The lowest BCUT2D eigenvalue weighted by atomic mass is 10.2. The summed E-state index contributed by atoms with van der Waals surface area (Å²) in [5.74, 6) is 0. The lowest BCUT2D eigenvalue weighted by molar-refractivity contribution is -0.385. The molecular formula is C17H25N3O5S. The molecule has 0 N–H and O–H groups in total. The molecule has 2 aliphatic rings. The van der Waals surface area contributed by atoms with Crippen molar-refractivity contribution in [3.63, 3.8) is 0 Å². The molecule has 9 heteroatoms. The van der Waals surface area contributed by atoms with Crippen LogP contribution in [0, 0.1) is 10.1 Å². The van der Waals surface area contributed by atoms with Crippen LogP contribution in [0.1, 0.15) is 33.1 Å². The first-order chi connectivity index (χ1) is 12.3. The normalized spacial score (nSPS) is 25.2. The zero-order valence-electron chi connectivity index (χ0n) is 15.1. The van der Waals surface area contributed by atoms with Gasteiger partial charge in [-0.1, -0.05) is 6.42 Å². The van der Waals surface area contributed by atoms with Crippen molar-refractivity contribution in [1.29, 1.82) is 0 Å². The second-order valence-corrected chi connectivity index (χ2v) is 8.94. The van der Waals surface area contributed by atoms with E-state index in [0.29, 0.717) is 31.9 Å². The number of piperidine rings is 1. The van der Waals surface area contributed by atoms with Crippen LogP contribution in [0.4, 0.5) is 11.4 Å². The first-order valence-corrected chi connectivity index (χ1v) is 10.4. The van der Waals surface area contributed by atoms with Gasteiger partial charge in [-0.05, 0) is 32.8 Å². The average molecular weight is 383 g/mol. The van der Waals surface area contributed by atoms with Gasteiger partial charge >= 0.3 is 0 Å². The van der Waals surface area contributed by atoms with Crippen LogP contribution in [-0.4, -0.2) is 56.0 Å². The van der Waals surface area contributed by atoms with E-state index in [0.717, 1.165) is 19.3 Å². The van der Waals surface area contributed by atoms with Crippen molar-refractivity contribution >= 4 is 21.4 Å². The third-order valence-corrected chi connectivity index (χ3v) is 6.78. The maximum absolute atomic E-state index is 13.2. The Morgan fingerprint density at radius 1 is 1.12 bits per heavy atom. The highest BCUT2D eigenvalue weighted by molar-refractivity contribution is 7.89. The van der Waals surface area contributed by atoms with Crippen LogP contribution in [0.2, 0.25) is 0 Å². The van der Waals surface area contributed by atoms with Crippen molar-refractivity contribution in [2.45, 2.75) is 50.2 Å². The summed E-state index contributed by atoms with van der Waals surface area (Å²) < 4.78 is 33.7. The Kier molecular flexibility index (Phi) is 5.50. The van der Waals surface area contributed by atoms with Gasteiger partial charge in [0.2, 0.25) is 10.0 Å². The number of nitro groups is 1. The lowest BCUT2D eigenvalue weighted by Crippen LogP contribution is -2.46. The molecule has 1 aromatic rings. The van der Waals surface area contributed by atoms with Crippen molar-refractivity contribution in [3.8, 4) is 0 Å². The molecular weight excluding hydrogens is 358 g/mol. The number of ether oxygens (including phenoxy) is 1. The molecule has 2 atom stereocenters. The molecule has 1 aromatic carbocycles. The second-order valence-electron chi connectivity index (χ2n) is 7.04. The number of hydrogen-bond donors (Lipinski definition) is 0. The number of anilines is 1. The average Bonchev–Trinajstić information content (AvgIpc) is 2.61. The topological polar surface area (TPSA) is 93.0 Å². The monoisotopic (exact) mass is 383 g/mol. The van der Waals surface area contributed by atoms with Crippen LogP contribution >= 0.6 is 0 Å². The Labute approximate surface area is 153 Å². The third-order valence-electron chi connectivity index (χ3n) is 4.85. The van der Waals surface area contributed by atoms with Crippen LogP contribution in [-0.2, 0) is 14.8 Å². The maximum atomic E-state index is 13.2. The van der Waals surface area contributed by atoms with Crippen LogP contribution in [0.5, 0.6) is 0 Å². The van der Waals surface area contributed by atoms with Gasteiger partial charge in [0.1, 0.15) is 4.90 Å². The van der Waals surface area contributed by atoms with Gasteiger partial charge < -0.3 is 9.64 Å². The molecule has 0 spiro atoms.